The van der Waals surface area contributed by atoms with Crippen molar-refractivity contribution in [1.82, 2.24) is 10.4 Å². The van der Waals surface area contributed by atoms with E-state index in [0.29, 0.717) is 19.4 Å². The monoisotopic (exact) mass is 173 g/mol. The van der Waals surface area contributed by atoms with Crippen LogP contribution in [0.4, 0.5) is 0 Å². The van der Waals surface area contributed by atoms with Gasteiger partial charge in [0.05, 0.1) is 0 Å². The van der Waals surface area contributed by atoms with Gasteiger partial charge in [-0.25, -0.2) is 5.01 Å². The van der Waals surface area contributed by atoms with Gasteiger partial charge in [0.25, 0.3) is 0 Å². The number of nitrogens with zero attached hydrogens (tertiary/aromatic N) is 1. The second-order valence-electron chi connectivity index (χ2n) is 2.98. The van der Waals surface area contributed by atoms with Crippen molar-refractivity contribution in [3.63, 3.8) is 0 Å². The van der Waals surface area contributed by atoms with Gasteiger partial charge in [-0.1, -0.05) is 0 Å². The molecule has 1 unspecified atom stereocenters. The highest BCUT2D eigenvalue weighted by Crippen LogP contribution is 2.01. The first kappa shape index (κ1) is 9.44. The Bertz CT molecular complexity index is 161. The Morgan fingerprint density at radius 2 is 2.50 bits per heavy atom. The molecule has 0 aromatic rings. The van der Waals surface area contributed by atoms with Crippen LogP contribution in [0.25, 0.3) is 0 Å². The van der Waals surface area contributed by atoms with Crippen LogP contribution in [0.1, 0.15) is 19.3 Å². The zero-order chi connectivity index (χ0) is 8.97. The van der Waals surface area contributed by atoms with Crippen LogP contribution in [-0.4, -0.2) is 35.3 Å². The molecule has 0 aromatic carbocycles. The summed E-state index contributed by atoms with van der Waals surface area (Å²) in [4.78, 5) is 10.9. The van der Waals surface area contributed by atoms with E-state index in [1.807, 2.05) is 0 Å². The summed E-state index contributed by atoms with van der Waals surface area (Å²) < 4.78 is 0. The first-order valence-corrected chi connectivity index (χ1v) is 4.16. The summed E-state index contributed by atoms with van der Waals surface area (Å²) in [5, 5.41) is 10.6. The summed E-state index contributed by atoms with van der Waals surface area (Å²) in [7, 11) is 0. The molecule has 4 N–H and O–H groups in total. The van der Waals surface area contributed by atoms with Crippen molar-refractivity contribution < 1.29 is 9.90 Å². The maximum Gasteiger partial charge on any atom is 0.234 e. The van der Waals surface area contributed by atoms with E-state index in [9.17, 15) is 4.79 Å². The molecule has 0 radical (unpaired) electrons. The van der Waals surface area contributed by atoms with Crippen molar-refractivity contribution in [3.05, 3.63) is 0 Å². The summed E-state index contributed by atoms with van der Waals surface area (Å²) >= 11 is 0. The molecular weight excluding hydrogens is 158 g/mol. The first-order valence-electron chi connectivity index (χ1n) is 4.16. The molecule has 1 rings (SSSR count). The highest BCUT2D eigenvalue weighted by Gasteiger charge is 2.15. The molecule has 1 aliphatic rings. The molecule has 1 heterocycles. The predicted octanol–water partition coefficient (Wildman–Crippen LogP) is -1.22. The molecule has 1 aliphatic heterocycles. The minimum atomic E-state index is -0.788. The molecule has 0 aliphatic carbocycles. The lowest BCUT2D eigenvalue weighted by Gasteiger charge is -2.27. The average Bonchev–Trinajstić information content (AvgIpc) is 2.01. The standard InChI is InChI=1S/C7H15N3O2/c8-6(11)3-5-10-4-1-2-7(12)9-10/h6,11H,1-5,8H2,(H,9,12). The van der Waals surface area contributed by atoms with Gasteiger partial charge >= 0.3 is 0 Å². The smallest absolute Gasteiger partial charge is 0.234 e. The molecule has 1 amide bonds. The fraction of sp³-hybridized carbons (Fsp3) is 0.857. The lowest BCUT2D eigenvalue weighted by Crippen LogP contribution is -2.48. The summed E-state index contributed by atoms with van der Waals surface area (Å²) in [5.41, 5.74) is 7.86. The summed E-state index contributed by atoms with van der Waals surface area (Å²) in [6, 6.07) is 0. The van der Waals surface area contributed by atoms with Crippen LogP contribution >= 0.6 is 0 Å². The molecule has 5 nitrogen and oxygen atoms in total. The molecule has 5 heteroatoms. The van der Waals surface area contributed by atoms with E-state index in [0.717, 1.165) is 13.0 Å². The largest absolute Gasteiger partial charge is 0.379 e. The van der Waals surface area contributed by atoms with Crippen molar-refractivity contribution >= 4 is 5.91 Å². The Kier molecular flexibility index (Phi) is 3.46. The molecule has 1 fully saturated rings. The van der Waals surface area contributed by atoms with Gasteiger partial charge in [-0.15, -0.1) is 0 Å². The number of nitrogens with two attached hydrogens (primary N) is 1. The lowest BCUT2D eigenvalue weighted by atomic mass is 10.2. The Labute approximate surface area is 71.5 Å². The molecule has 0 spiro atoms. The van der Waals surface area contributed by atoms with E-state index in [2.05, 4.69) is 5.43 Å². The number of aliphatic hydroxyl groups is 1. The van der Waals surface area contributed by atoms with E-state index in [-0.39, 0.29) is 5.91 Å². The van der Waals surface area contributed by atoms with Gasteiger partial charge in [-0.05, 0) is 6.42 Å². The molecule has 12 heavy (non-hydrogen) atoms. The lowest BCUT2D eigenvalue weighted by molar-refractivity contribution is -0.128. The number of nitrogens with one attached hydrogen (secondary N) is 1. The minimum absolute atomic E-state index is 0.0489. The highest BCUT2D eigenvalue weighted by molar-refractivity contribution is 5.75. The van der Waals surface area contributed by atoms with Crippen molar-refractivity contribution in [2.45, 2.75) is 25.5 Å². The number of hydrogen-bond acceptors (Lipinski definition) is 4. The zero-order valence-electron chi connectivity index (χ0n) is 6.99. The zero-order valence-corrected chi connectivity index (χ0v) is 6.99. The SMILES string of the molecule is NC(O)CCN1CCCC(=O)N1. The fourth-order valence-electron chi connectivity index (χ4n) is 1.17. The molecule has 70 valence electrons. The predicted molar refractivity (Wildman–Crippen MR) is 43.8 cm³/mol. The minimum Gasteiger partial charge on any atom is -0.379 e. The highest BCUT2D eigenvalue weighted by atomic mass is 16.3. The van der Waals surface area contributed by atoms with Crippen LogP contribution in [0.3, 0.4) is 0 Å². The second-order valence-corrected chi connectivity index (χ2v) is 2.98. The van der Waals surface area contributed by atoms with Crippen molar-refractivity contribution in [3.8, 4) is 0 Å². The topological polar surface area (TPSA) is 78.6 Å². The molecule has 1 saturated heterocycles. The van der Waals surface area contributed by atoms with Crippen LogP contribution in [0, 0.1) is 0 Å². The Morgan fingerprint density at radius 1 is 1.75 bits per heavy atom. The Morgan fingerprint density at radius 3 is 3.08 bits per heavy atom. The summed E-state index contributed by atoms with van der Waals surface area (Å²) in [6.45, 7) is 1.46. The van der Waals surface area contributed by atoms with Gasteiger partial charge in [0.1, 0.15) is 6.23 Å². The van der Waals surface area contributed by atoms with Crippen molar-refractivity contribution in [2.24, 2.45) is 5.73 Å². The number of hydrazine groups is 1. The normalized spacial score (nSPS) is 22.0. The fourth-order valence-corrected chi connectivity index (χ4v) is 1.17. The van der Waals surface area contributed by atoms with Gasteiger partial charge in [-0.3, -0.25) is 10.2 Å². The van der Waals surface area contributed by atoms with Gasteiger partial charge < -0.3 is 10.8 Å². The molecule has 0 saturated carbocycles. The number of rotatable bonds is 3. The second kappa shape index (κ2) is 4.39. The Hall–Kier alpha value is -0.650. The number of amides is 1. The van der Waals surface area contributed by atoms with Crippen molar-refractivity contribution in [1.29, 1.82) is 0 Å². The van der Waals surface area contributed by atoms with E-state index < -0.39 is 6.23 Å². The van der Waals surface area contributed by atoms with Crippen molar-refractivity contribution in [2.75, 3.05) is 13.1 Å². The van der Waals surface area contributed by atoms with E-state index in [1.165, 1.54) is 0 Å². The van der Waals surface area contributed by atoms with Crippen LogP contribution < -0.4 is 11.2 Å². The van der Waals surface area contributed by atoms with Crippen LogP contribution in [0.5, 0.6) is 0 Å². The average molecular weight is 173 g/mol. The number of carbonyl (C=O) groups excluding carboxylic acids is 1. The summed E-state index contributed by atoms with van der Waals surface area (Å²) in [6.07, 6.45) is 1.18. The maximum absolute atomic E-state index is 10.9. The van der Waals surface area contributed by atoms with Gasteiger partial charge in [0.15, 0.2) is 0 Å². The van der Waals surface area contributed by atoms with Gasteiger partial charge in [-0.2, -0.15) is 0 Å². The van der Waals surface area contributed by atoms with Crippen LogP contribution in [0.2, 0.25) is 0 Å². The molecule has 0 aromatic heterocycles. The Balaban J connectivity index is 2.18. The molecule has 0 bridgehead atoms. The number of carbonyl (C=O) groups is 1. The molecule has 1 atom stereocenters. The third-order valence-electron chi connectivity index (χ3n) is 1.81. The number of aliphatic hydroxyl groups excluding tert-OH is 1. The third kappa shape index (κ3) is 3.17. The molecular formula is C7H15N3O2. The quantitative estimate of drug-likeness (QED) is 0.467. The van der Waals surface area contributed by atoms with E-state index >= 15 is 0 Å². The van der Waals surface area contributed by atoms with E-state index in [1.54, 1.807) is 5.01 Å². The first-order chi connectivity index (χ1) is 5.68. The summed E-state index contributed by atoms with van der Waals surface area (Å²) in [5.74, 6) is 0.0489. The van der Waals surface area contributed by atoms with E-state index in [4.69, 9.17) is 10.8 Å². The maximum atomic E-state index is 10.9. The van der Waals surface area contributed by atoms with Gasteiger partial charge in [0.2, 0.25) is 5.91 Å². The van der Waals surface area contributed by atoms with Gasteiger partial charge in [0, 0.05) is 25.9 Å². The number of hydrogen-bond donors (Lipinski definition) is 3. The van der Waals surface area contributed by atoms with Crippen LogP contribution in [0.15, 0.2) is 0 Å². The van der Waals surface area contributed by atoms with Crippen LogP contribution in [-0.2, 0) is 4.79 Å². The third-order valence-corrected chi connectivity index (χ3v) is 1.81.